The van der Waals surface area contributed by atoms with Gasteiger partial charge < -0.3 is 9.52 Å². The van der Waals surface area contributed by atoms with Crippen molar-refractivity contribution in [2.75, 3.05) is 0 Å². The smallest absolute Gasteiger partial charge is 0.200 e. The minimum Gasteiger partial charge on any atom is -0.508 e. The first-order chi connectivity index (χ1) is 9.16. The van der Waals surface area contributed by atoms with Gasteiger partial charge in [0.2, 0.25) is 5.43 Å². The molecule has 0 unspecified atom stereocenters. The zero-order valence-corrected chi connectivity index (χ0v) is 9.76. The number of hydrogen-bond acceptors (Lipinski definition) is 3. The van der Waals surface area contributed by atoms with E-state index in [4.69, 9.17) is 4.42 Å². The Bertz CT molecular complexity index is 821. The molecule has 0 radical (unpaired) electrons. The average Bonchev–Trinajstić information content (AvgIpc) is 2.40. The van der Waals surface area contributed by atoms with Crippen LogP contribution in [0.15, 0.2) is 57.9 Å². The second kappa shape index (κ2) is 4.24. The zero-order chi connectivity index (χ0) is 13.4. The van der Waals surface area contributed by atoms with Gasteiger partial charge in [0, 0.05) is 11.6 Å². The van der Waals surface area contributed by atoms with Crippen molar-refractivity contribution in [2.24, 2.45) is 0 Å². The third-order valence-electron chi connectivity index (χ3n) is 2.92. The summed E-state index contributed by atoms with van der Waals surface area (Å²) in [5.41, 5.74) is 0.305. The number of phenols is 1. The minimum atomic E-state index is -0.479. The van der Waals surface area contributed by atoms with Crippen LogP contribution < -0.4 is 5.43 Å². The van der Waals surface area contributed by atoms with Crippen molar-refractivity contribution in [3.05, 3.63) is 64.8 Å². The van der Waals surface area contributed by atoms with E-state index in [0.29, 0.717) is 5.39 Å². The Labute approximate surface area is 107 Å². The first kappa shape index (κ1) is 11.5. The topological polar surface area (TPSA) is 50.4 Å². The van der Waals surface area contributed by atoms with Gasteiger partial charge in [0.1, 0.15) is 23.4 Å². The summed E-state index contributed by atoms with van der Waals surface area (Å²) in [6.07, 6.45) is 1.21. The second-order valence-corrected chi connectivity index (χ2v) is 4.14. The summed E-state index contributed by atoms with van der Waals surface area (Å²) in [5.74, 6) is -0.470. The molecular weight excluding hydrogens is 247 g/mol. The van der Waals surface area contributed by atoms with E-state index in [1.807, 2.05) is 0 Å². The lowest BCUT2D eigenvalue weighted by molar-refractivity contribution is 0.474. The molecule has 0 aliphatic heterocycles. The van der Waals surface area contributed by atoms with Gasteiger partial charge in [-0.25, -0.2) is 4.39 Å². The fraction of sp³-hybridized carbons (Fsp3) is 0. The lowest BCUT2D eigenvalue weighted by Crippen LogP contribution is -2.05. The molecule has 4 heteroatoms. The molecule has 1 heterocycles. The van der Waals surface area contributed by atoms with Crippen molar-refractivity contribution in [1.82, 2.24) is 0 Å². The highest BCUT2D eigenvalue weighted by Crippen LogP contribution is 2.23. The van der Waals surface area contributed by atoms with Gasteiger partial charge in [0.05, 0.1) is 10.9 Å². The van der Waals surface area contributed by atoms with Crippen LogP contribution in [0, 0.1) is 5.82 Å². The van der Waals surface area contributed by atoms with Crippen molar-refractivity contribution in [3.8, 4) is 16.9 Å². The van der Waals surface area contributed by atoms with Crippen molar-refractivity contribution in [1.29, 1.82) is 0 Å². The molecule has 1 aromatic heterocycles. The molecule has 0 aliphatic carbocycles. The standard InChI is InChI=1S/C15H9FO3/c16-13-4-2-1-3-10(13)12-8-19-14-7-9(17)5-6-11(14)15(12)18/h1-8,17H. The van der Waals surface area contributed by atoms with Crippen LogP contribution in [-0.2, 0) is 0 Å². The summed E-state index contributed by atoms with van der Waals surface area (Å²) in [7, 11) is 0. The summed E-state index contributed by atoms with van der Waals surface area (Å²) in [4.78, 5) is 12.3. The Kier molecular flexibility index (Phi) is 2.56. The van der Waals surface area contributed by atoms with Crippen molar-refractivity contribution in [2.45, 2.75) is 0 Å². The van der Waals surface area contributed by atoms with Crippen LogP contribution in [0.25, 0.3) is 22.1 Å². The van der Waals surface area contributed by atoms with Gasteiger partial charge in [-0.05, 0) is 18.2 Å². The highest BCUT2D eigenvalue weighted by atomic mass is 19.1. The quantitative estimate of drug-likeness (QED) is 0.726. The number of rotatable bonds is 1. The van der Waals surface area contributed by atoms with Gasteiger partial charge in [0.15, 0.2) is 0 Å². The largest absolute Gasteiger partial charge is 0.508 e. The predicted octanol–water partition coefficient (Wildman–Crippen LogP) is 3.30. The maximum absolute atomic E-state index is 13.7. The van der Waals surface area contributed by atoms with Gasteiger partial charge in [0.25, 0.3) is 0 Å². The molecular formula is C15H9FO3. The highest BCUT2D eigenvalue weighted by Gasteiger charge is 2.12. The molecule has 0 aliphatic rings. The first-order valence-electron chi connectivity index (χ1n) is 5.66. The Hall–Kier alpha value is -2.62. The molecule has 0 saturated carbocycles. The number of aromatic hydroxyl groups is 1. The van der Waals surface area contributed by atoms with Crippen LogP contribution in [0.4, 0.5) is 4.39 Å². The number of hydrogen-bond donors (Lipinski definition) is 1. The Morgan fingerprint density at radius 3 is 2.63 bits per heavy atom. The lowest BCUT2D eigenvalue weighted by Gasteiger charge is -2.04. The fourth-order valence-corrected chi connectivity index (χ4v) is 1.98. The highest BCUT2D eigenvalue weighted by molar-refractivity contribution is 5.82. The molecule has 0 spiro atoms. The van der Waals surface area contributed by atoms with Crippen LogP contribution in [0.5, 0.6) is 5.75 Å². The van der Waals surface area contributed by atoms with Crippen LogP contribution >= 0.6 is 0 Å². The molecule has 94 valence electrons. The van der Waals surface area contributed by atoms with E-state index in [2.05, 4.69) is 0 Å². The zero-order valence-electron chi connectivity index (χ0n) is 9.76. The normalized spacial score (nSPS) is 10.8. The average molecular weight is 256 g/mol. The molecule has 2 aromatic carbocycles. The van der Waals surface area contributed by atoms with Crippen LogP contribution in [0.3, 0.4) is 0 Å². The summed E-state index contributed by atoms with van der Waals surface area (Å²) in [6, 6.07) is 10.2. The van der Waals surface area contributed by atoms with Crippen molar-refractivity contribution in [3.63, 3.8) is 0 Å². The maximum Gasteiger partial charge on any atom is 0.200 e. The van der Waals surface area contributed by atoms with Crippen LogP contribution in [0.1, 0.15) is 0 Å². The molecule has 3 aromatic rings. The van der Waals surface area contributed by atoms with Gasteiger partial charge in [-0.1, -0.05) is 18.2 Å². The number of benzene rings is 2. The van der Waals surface area contributed by atoms with Crippen LogP contribution in [0.2, 0.25) is 0 Å². The van der Waals surface area contributed by atoms with E-state index >= 15 is 0 Å². The van der Waals surface area contributed by atoms with E-state index in [-0.39, 0.29) is 27.9 Å². The minimum absolute atomic E-state index is 0.00860. The van der Waals surface area contributed by atoms with E-state index in [9.17, 15) is 14.3 Å². The SMILES string of the molecule is O=c1c(-c2ccccc2F)coc2cc(O)ccc12. The second-order valence-electron chi connectivity index (χ2n) is 4.14. The first-order valence-corrected chi connectivity index (χ1v) is 5.66. The van der Waals surface area contributed by atoms with Crippen molar-refractivity contribution < 1.29 is 13.9 Å². The Morgan fingerprint density at radius 1 is 1.05 bits per heavy atom. The fourth-order valence-electron chi connectivity index (χ4n) is 1.98. The molecule has 3 rings (SSSR count). The van der Waals surface area contributed by atoms with E-state index < -0.39 is 5.82 Å². The maximum atomic E-state index is 13.7. The van der Waals surface area contributed by atoms with E-state index in [0.717, 1.165) is 0 Å². The van der Waals surface area contributed by atoms with E-state index in [1.165, 1.54) is 36.6 Å². The molecule has 0 bridgehead atoms. The van der Waals surface area contributed by atoms with E-state index in [1.54, 1.807) is 12.1 Å². The molecule has 19 heavy (non-hydrogen) atoms. The Morgan fingerprint density at radius 2 is 1.84 bits per heavy atom. The predicted molar refractivity (Wildman–Crippen MR) is 69.5 cm³/mol. The molecule has 1 N–H and O–H groups in total. The number of halogens is 1. The summed E-state index contributed by atoms with van der Waals surface area (Å²) in [5, 5.41) is 9.63. The van der Waals surface area contributed by atoms with Gasteiger partial charge in [-0.2, -0.15) is 0 Å². The third-order valence-corrected chi connectivity index (χ3v) is 2.92. The molecule has 3 nitrogen and oxygen atoms in total. The van der Waals surface area contributed by atoms with Crippen LogP contribution in [-0.4, -0.2) is 5.11 Å². The van der Waals surface area contributed by atoms with Gasteiger partial charge in [-0.3, -0.25) is 4.79 Å². The van der Waals surface area contributed by atoms with Gasteiger partial charge in [-0.15, -0.1) is 0 Å². The summed E-state index contributed by atoms with van der Waals surface area (Å²) >= 11 is 0. The summed E-state index contributed by atoms with van der Waals surface area (Å²) in [6.45, 7) is 0. The molecule has 0 saturated heterocycles. The number of fused-ring (bicyclic) bond motifs is 1. The Balaban J connectivity index is 2.33. The molecule has 0 amide bonds. The molecule has 0 atom stereocenters. The lowest BCUT2D eigenvalue weighted by atomic mass is 10.1. The van der Waals surface area contributed by atoms with Gasteiger partial charge >= 0.3 is 0 Å². The summed E-state index contributed by atoms with van der Waals surface area (Å²) < 4.78 is 19.0. The monoisotopic (exact) mass is 256 g/mol. The molecule has 0 fully saturated rings. The van der Waals surface area contributed by atoms with Crippen molar-refractivity contribution >= 4 is 11.0 Å². The third kappa shape index (κ3) is 1.87. The number of phenolic OH excluding ortho intramolecular Hbond substituents is 1.